The molecular formula is C3H13BrN2. The minimum absolute atomic E-state index is 0. The molecule has 0 saturated heterocycles. The van der Waals surface area contributed by atoms with Crippen LogP contribution in [-0.2, 0) is 0 Å². The van der Waals surface area contributed by atoms with Gasteiger partial charge < -0.3 is 12.3 Å². The van der Waals surface area contributed by atoms with Crippen LogP contribution in [0.25, 0.3) is 0 Å². The summed E-state index contributed by atoms with van der Waals surface area (Å²) in [5.41, 5.74) is 0. The van der Waals surface area contributed by atoms with Crippen molar-refractivity contribution in [3.63, 3.8) is 0 Å². The van der Waals surface area contributed by atoms with Gasteiger partial charge in [-0.1, -0.05) is 6.08 Å². The first kappa shape index (κ1) is 35.4. The lowest BCUT2D eigenvalue weighted by Gasteiger charge is -1.31. The monoisotopic (exact) mass is 156 g/mol. The zero-order chi connectivity index (χ0) is 2.71. The Balaban J connectivity index is -0.00000000667. The highest BCUT2D eigenvalue weighted by Gasteiger charge is 1.15. The molecule has 0 radical (unpaired) electrons. The molecule has 0 aliphatic rings. The zero-order valence-electron chi connectivity index (χ0n) is 4.11. The fraction of sp³-hybridized carbons (Fsp3) is 0.333. The van der Waals surface area contributed by atoms with Crippen molar-refractivity contribution in [3.05, 3.63) is 12.7 Å². The summed E-state index contributed by atoms with van der Waals surface area (Å²) in [6.45, 7) is 5.25. The number of hydrogen-bond acceptors (Lipinski definition) is 2. The van der Waals surface area contributed by atoms with Crippen molar-refractivity contribution in [1.29, 1.82) is 0 Å². The number of hydrogen-bond donors (Lipinski definition) is 2. The summed E-state index contributed by atoms with van der Waals surface area (Å²) in [6, 6.07) is 0. The SMILES string of the molecule is Br.C=CC.N.N. The van der Waals surface area contributed by atoms with Gasteiger partial charge in [-0.25, -0.2) is 0 Å². The molecule has 0 aliphatic carbocycles. The molecule has 6 heavy (non-hydrogen) atoms. The van der Waals surface area contributed by atoms with Crippen LogP contribution in [0.3, 0.4) is 0 Å². The molecule has 0 saturated carbocycles. The Kier molecular flexibility index (Phi) is 400. The van der Waals surface area contributed by atoms with E-state index >= 15 is 0 Å². The molecule has 2 nitrogen and oxygen atoms in total. The molecule has 0 aromatic heterocycles. The van der Waals surface area contributed by atoms with Crippen molar-refractivity contribution < 1.29 is 0 Å². The van der Waals surface area contributed by atoms with Gasteiger partial charge in [0.1, 0.15) is 0 Å². The Hall–Kier alpha value is 0.140. The molecule has 0 spiro atoms. The van der Waals surface area contributed by atoms with Crippen molar-refractivity contribution in [2.45, 2.75) is 6.92 Å². The van der Waals surface area contributed by atoms with Crippen LogP contribution < -0.4 is 12.3 Å². The Bertz CT molecular complexity index is 16.3. The average Bonchev–Trinajstić information content (AvgIpc) is 0.918. The second-order valence-electron chi connectivity index (χ2n) is 0.408. The fourth-order valence-electron chi connectivity index (χ4n) is 0. The molecule has 0 aromatic rings. The summed E-state index contributed by atoms with van der Waals surface area (Å²) in [4.78, 5) is 0. The van der Waals surface area contributed by atoms with Crippen molar-refractivity contribution >= 4 is 17.0 Å². The standard InChI is InChI=1S/C3H6.BrH.2H3N/c1-3-2;;;/h3H,1H2,2H3;1H;2*1H3. The summed E-state index contributed by atoms with van der Waals surface area (Å²) in [5, 5.41) is 0. The molecule has 0 aromatic carbocycles. The number of halogens is 1. The van der Waals surface area contributed by atoms with Crippen molar-refractivity contribution in [3.8, 4) is 0 Å². The largest absolute Gasteiger partial charge is 0.344 e. The molecule has 42 valence electrons. The molecule has 0 amide bonds. The number of allylic oxidation sites excluding steroid dienone is 1. The van der Waals surface area contributed by atoms with Gasteiger partial charge in [0.25, 0.3) is 0 Å². The highest BCUT2D eigenvalue weighted by Crippen LogP contribution is 1.38. The van der Waals surface area contributed by atoms with Crippen LogP contribution in [0.5, 0.6) is 0 Å². The van der Waals surface area contributed by atoms with E-state index in [-0.39, 0.29) is 29.3 Å². The van der Waals surface area contributed by atoms with Crippen LogP contribution in [0.1, 0.15) is 6.92 Å². The lowest BCUT2D eigenvalue weighted by molar-refractivity contribution is 1.80. The lowest BCUT2D eigenvalue weighted by atomic mass is 10.8. The second-order valence-corrected chi connectivity index (χ2v) is 0.408. The predicted molar refractivity (Wildman–Crippen MR) is 36.2 cm³/mol. The van der Waals surface area contributed by atoms with Crippen LogP contribution in [0.2, 0.25) is 0 Å². The minimum Gasteiger partial charge on any atom is -0.344 e. The Morgan fingerprint density at radius 1 is 1.33 bits per heavy atom. The fourth-order valence-corrected chi connectivity index (χ4v) is 0. The Labute approximate surface area is 49.6 Å². The van der Waals surface area contributed by atoms with Crippen molar-refractivity contribution in [1.82, 2.24) is 12.3 Å². The van der Waals surface area contributed by atoms with Gasteiger partial charge in [0.05, 0.1) is 0 Å². The maximum Gasteiger partial charge on any atom is -0.0473 e. The van der Waals surface area contributed by atoms with E-state index in [4.69, 9.17) is 0 Å². The minimum atomic E-state index is 0. The molecule has 0 atom stereocenters. The molecule has 0 unspecified atom stereocenters. The maximum absolute atomic E-state index is 3.36. The topological polar surface area (TPSA) is 70.0 Å². The molecule has 0 heterocycles. The Morgan fingerprint density at radius 2 is 1.33 bits per heavy atom. The van der Waals surface area contributed by atoms with Gasteiger partial charge >= 0.3 is 0 Å². The first-order chi connectivity index (χ1) is 1.41. The maximum atomic E-state index is 3.36. The van der Waals surface area contributed by atoms with E-state index in [0.717, 1.165) is 0 Å². The van der Waals surface area contributed by atoms with E-state index < -0.39 is 0 Å². The molecule has 6 N–H and O–H groups in total. The van der Waals surface area contributed by atoms with E-state index in [9.17, 15) is 0 Å². The highest BCUT2D eigenvalue weighted by molar-refractivity contribution is 8.93. The van der Waals surface area contributed by atoms with E-state index in [1.54, 1.807) is 6.08 Å². The molecule has 0 rings (SSSR count). The molecule has 0 fully saturated rings. The smallest absolute Gasteiger partial charge is 0.0473 e. The van der Waals surface area contributed by atoms with Gasteiger partial charge in [0, 0.05) is 0 Å². The normalized spacial score (nSPS) is 2.17. The highest BCUT2D eigenvalue weighted by atomic mass is 79.9. The Morgan fingerprint density at radius 3 is 1.33 bits per heavy atom. The van der Waals surface area contributed by atoms with Gasteiger partial charge in [-0.05, 0) is 6.92 Å². The van der Waals surface area contributed by atoms with Crippen LogP contribution in [0, 0.1) is 0 Å². The first-order valence-corrected chi connectivity index (χ1v) is 0.986. The van der Waals surface area contributed by atoms with E-state index in [1.807, 2.05) is 6.92 Å². The zero-order valence-corrected chi connectivity index (χ0v) is 5.82. The number of rotatable bonds is 0. The summed E-state index contributed by atoms with van der Waals surface area (Å²) >= 11 is 0. The third kappa shape index (κ3) is 2080. The van der Waals surface area contributed by atoms with Gasteiger partial charge in [-0.2, -0.15) is 0 Å². The van der Waals surface area contributed by atoms with Crippen molar-refractivity contribution in [2.75, 3.05) is 0 Å². The van der Waals surface area contributed by atoms with E-state index in [2.05, 4.69) is 6.58 Å². The molecule has 0 bridgehead atoms. The third-order valence-electron chi connectivity index (χ3n) is 0. The van der Waals surface area contributed by atoms with Gasteiger partial charge in [0.2, 0.25) is 0 Å². The van der Waals surface area contributed by atoms with Gasteiger partial charge in [0.15, 0.2) is 0 Å². The van der Waals surface area contributed by atoms with E-state index in [0.29, 0.717) is 0 Å². The lowest BCUT2D eigenvalue weighted by Crippen LogP contribution is -1.07. The second kappa shape index (κ2) is 67.8. The quantitative estimate of drug-likeness (QED) is 0.528. The summed E-state index contributed by atoms with van der Waals surface area (Å²) < 4.78 is 0. The van der Waals surface area contributed by atoms with Crippen LogP contribution in [0.15, 0.2) is 12.7 Å². The summed E-state index contributed by atoms with van der Waals surface area (Å²) in [6.07, 6.45) is 1.75. The predicted octanol–water partition coefficient (Wildman–Crippen LogP) is 2.09. The first-order valence-electron chi connectivity index (χ1n) is 0.986. The van der Waals surface area contributed by atoms with Gasteiger partial charge in [-0.3, -0.25) is 0 Å². The molecule has 3 heteroatoms. The van der Waals surface area contributed by atoms with E-state index in [1.165, 1.54) is 0 Å². The van der Waals surface area contributed by atoms with Crippen LogP contribution in [0.4, 0.5) is 0 Å². The van der Waals surface area contributed by atoms with Crippen molar-refractivity contribution in [2.24, 2.45) is 0 Å². The third-order valence-corrected chi connectivity index (χ3v) is 0. The van der Waals surface area contributed by atoms with Crippen LogP contribution >= 0.6 is 17.0 Å². The summed E-state index contributed by atoms with van der Waals surface area (Å²) in [5.74, 6) is 0. The van der Waals surface area contributed by atoms with Gasteiger partial charge in [-0.15, -0.1) is 23.6 Å². The van der Waals surface area contributed by atoms with Crippen LogP contribution in [-0.4, -0.2) is 0 Å². The average molecular weight is 157 g/mol. The molecule has 0 aliphatic heterocycles. The molecular weight excluding hydrogens is 144 g/mol. The summed E-state index contributed by atoms with van der Waals surface area (Å²) in [7, 11) is 0.